The molecule has 130 valence electrons. The Hall–Kier alpha value is -1.11. The van der Waals surface area contributed by atoms with Crippen LogP contribution in [0.2, 0.25) is 0 Å². The molecule has 1 aliphatic rings. The van der Waals surface area contributed by atoms with Gasteiger partial charge in [0.05, 0.1) is 18.1 Å². The van der Waals surface area contributed by atoms with Crippen molar-refractivity contribution in [3.05, 3.63) is 16.0 Å². The third-order valence-electron chi connectivity index (χ3n) is 3.95. The number of esters is 1. The Morgan fingerprint density at radius 3 is 2.70 bits per heavy atom. The van der Waals surface area contributed by atoms with Gasteiger partial charge in [0.2, 0.25) is 5.91 Å². The summed E-state index contributed by atoms with van der Waals surface area (Å²) in [5, 5.41) is 6.82. The molecule has 0 saturated carbocycles. The van der Waals surface area contributed by atoms with Gasteiger partial charge in [0, 0.05) is 11.4 Å². The molecule has 0 aromatic carbocycles. The van der Waals surface area contributed by atoms with E-state index in [1.807, 2.05) is 13.8 Å². The first-order chi connectivity index (χ1) is 10.6. The first-order valence-corrected chi connectivity index (χ1v) is 8.71. The van der Waals surface area contributed by atoms with Gasteiger partial charge < -0.3 is 15.4 Å². The molecular formula is C16H25ClN2O3S. The molecule has 1 unspecified atom stereocenters. The predicted octanol–water partition coefficient (Wildman–Crippen LogP) is 3.16. The molecule has 23 heavy (non-hydrogen) atoms. The van der Waals surface area contributed by atoms with Crippen molar-refractivity contribution in [2.75, 3.05) is 25.0 Å². The van der Waals surface area contributed by atoms with Crippen LogP contribution in [0.4, 0.5) is 5.00 Å². The van der Waals surface area contributed by atoms with Crippen molar-refractivity contribution in [3.8, 4) is 0 Å². The molecule has 0 radical (unpaired) electrons. The number of carbonyl (C=O) groups is 2. The van der Waals surface area contributed by atoms with Crippen molar-refractivity contribution in [2.45, 2.75) is 40.0 Å². The Morgan fingerprint density at radius 2 is 2.13 bits per heavy atom. The molecular weight excluding hydrogens is 336 g/mol. The third-order valence-corrected chi connectivity index (χ3v) is 5.01. The molecule has 2 N–H and O–H groups in total. The van der Waals surface area contributed by atoms with Gasteiger partial charge >= 0.3 is 5.97 Å². The number of aryl methyl sites for hydroxylation is 1. The molecule has 0 aliphatic carbocycles. The Bertz CT molecular complexity index is 554. The normalized spacial score (nSPS) is 17.3. The molecule has 1 saturated heterocycles. The highest BCUT2D eigenvalue weighted by molar-refractivity contribution is 7.16. The second-order valence-electron chi connectivity index (χ2n) is 5.45. The standard InChI is InChI=1S/C16H24N2O3S.ClH/c1-4-12-10(3)22-15(13(12)16(20)21-5-2)18-14(19)11-7-6-8-17-9-11;/h11,17H,4-9H2,1-3H3,(H,18,19);1H. The lowest BCUT2D eigenvalue weighted by Gasteiger charge is -2.21. The van der Waals surface area contributed by atoms with Crippen molar-refractivity contribution < 1.29 is 14.3 Å². The second kappa shape index (κ2) is 9.25. The lowest BCUT2D eigenvalue weighted by atomic mass is 9.99. The lowest BCUT2D eigenvalue weighted by molar-refractivity contribution is -0.120. The number of hydrogen-bond acceptors (Lipinski definition) is 5. The molecule has 5 nitrogen and oxygen atoms in total. The van der Waals surface area contributed by atoms with Crippen LogP contribution in [0.1, 0.15) is 47.5 Å². The van der Waals surface area contributed by atoms with Crippen LogP contribution >= 0.6 is 23.7 Å². The van der Waals surface area contributed by atoms with Crippen LogP contribution in [-0.4, -0.2) is 31.6 Å². The Morgan fingerprint density at radius 1 is 1.39 bits per heavy atom. The van der Waals surface area contributed by atoms with Crippen LogP contribution in [-0.2, 0) is 16.0 Å². The number of amides is 1. The second-order valence-corrected chi connectivity index (χ2v) is 6.67. The van der Waals surface area contributed by atoms with Gasteiger partial charge in [0.25, 0.3) is 0 Å². The van der Waals surface area contributed by atoms with E-state index >= 15 is 0 Å². The topological polar surface area (TPSA) is 67.4 Å². The van der Waals surface area contributed by atoms with Crippen molar-refractivity contribution in [3.63, 3.8) is 0 Å². The molecule has 2 heterocycles. The molecule has 7 heteroatoms. The molecule has 2 rings (SSSR count). The number of piperidine rings is 1. The summed E-state index contributed by atoms with van der Waals surface area (Å²) >= 11 is 1.46. The van der Waals surface area contributed by atoms with Crippen LogP contribution < -0.4 is 10.6 Å². The van der Waals surface area contributed by atoms with Crippen LogP contribution in [0.5, 0.6) is 0 Å². The number of ether oxygens (including phenoxy) is 1. The summed E-state index contributed by atoms with van der Waals surface area (Å²) in [7, 11) is 0. The quantitative estimate of drug-likeness (QED) is 0.791. The SMILES string of the molecule is CCOC(=O)c1c(NC(=O)C2CCCNC2)sc(C)c1CC.Cl. The molecule has 1 aromatic rings. The van der Waals surface area contributed by atoms with Crippen LogP contribution in [0.15, 0.2) is 0 Å². The highest BCUT2D eigenvalue weighted by Crippen LogP contribution is 2.34. The summed E-state index contributed by atoms with van der Waals surface area (Å²) in [6.07, 6.45) is 2.64. The summed E-state index contributed by atoms with van der Waals surface area (Å²) in [5.74, 6) is -0.390. The van der Waals surface area contributed by atoms with Crippen LogP contribution in [0.3, 0.4) is 0 Å². The molecule has 1 aliphatic heterocycles. The summed E-state index contributed by atoms with van der Waals surface area (Å²) in [6.45, 7) is 7.77. The monoisotopic (exact) mass is 360 g/mol. The maximum Gasteiger partial charge on any atom is 0.341 e. The van der Waals surface area contributed by atoms with Crippen LogP contribution in [0, 0.1) is 12.8 Å². The third kappa shape index (κ3) is 4.68. The summed E-state index contributed by atoms with van der Waals surface area (Å²) in [5.41, 5.74) is 1.50. The lowest BCUT2D eigenvalue weighted by Crippen LogP contribution is -2.37. The van der Waals surface area contributed by atoms with Gasteiger partial charge in [0.15, 0.2) is 0 Å². The zero-order valence-corrected chi connectivity index (χ0v) is 15.5. The smallest absolute Gasteiger partial charge is 0.341 e. The van der Waals surface area contributed by atoms with Gasteiger partial charge in [-0.1, -0.05) is 6.92 Å². The van der Waals surface area contributed by atoms with Crippen molar-refractivity contribution in [1.82, 2.24) is 5.32 Å². The zero-order chi connectivity index (χ0) is 16.1. The number of rotatable bonds is 5. The van der Waals surface area contributed by atoms with Gasteiger partial charge in [0.1, 0.15) is 5.00 Å². The Labute approximate surface area is 147 Å². The molecule has 0 spiro atoms. The minimum Gasteiger partial charge on any atom is -0.462 e. The first kappa shape index (κ1) is 19.9. The maximum absolute atomic E-state index is 12.4. The summed E-state index contributed by atoms with van der Waals surface area (Å²) < 4.78 is 5.16. The fourth-order valence-corrected chi connectivity index (χ4v) is 3.94. The number of nitrogens with one attached hydrogen (secondary N) is 2. The number of anilines is 1. The highest BCUT2D eigenvalue weighted by atomic mass is 35.5. The number of carbonyl (C=O) groups excluding carboxylic acids is 2. The molecule has 1 atom stereocenters. The van der Waals surface area contributed by atoms with Gasteiger partial charge in [-0.3, -0.25) is 4.79 Å². The van der Waals surface area contributed by atoms with Gasteiger partial charge in [-0.25, -0.2) is 4.79 Å². The number of halogens is 1. The van der Waals surface area contributed by atoms with Gasteiger partial charge in [-0.05, 0) is 45.2 Å². The van der Waals surface area contributed by atoms with Gasteiger partial charge in [-0.15, -0.1) is 23.7 Å². The van der Waals surface area contributed by atoms with E-state index in [0.29, 0.717) is 23.7 Å². The van der Waals surface area contributed by atoms with Gasteiger partial charge in [-0.2, -0.15) is 0 Å². The predicted molar refractivity (Wildman–Crippen MR) is 95.9 cm³/mol. The van der Waals surface area contributed by atoms with E-state index in [0.717, 1.165) is 36.2 Å². The fraction of sp³-hybridized carbons (Fsp3) is 0.625. The molecule has 1 amide bonds. The number of hydrogen-bond donors (Lipinski definition) is 2. The van der Waals surface area contributed by atoms with E-state index in [9.17, 15) is 9.59 Å². The molecule has 0 bridgehead atoms. The van der Waals surface area contributed by atoms with Crippen LogP contribution in [0.25, 0.3) is 0 Å². The van der Waals surface area contributed by atoms with Crippen molar-refractivity contribution in [2.24, 2.45) is 5.92 Å². The summed E-state index contributed by atoms with van der Waals surface area (Å²) in [6, 6.07) is 0. The Balaban J connectivity index is 0.00000264. The van der Waals surface area contributed by atoms with E-state index < -0.39 is 0 Å². The highest BCUT2D eigenvalue weighted by Gasteiger charge is 2.26. The zero-order valence-electron chi connectivity index (χ0n) is 13.9. The minimum absolute atomic E-state index is 0. The van der Waals surface area contributed by atoms with E-state index in [4.69, 9.17) is 4.74 Å². The van der Waals surface area contributed by atoms with E-state index in [2.05, 4.69) is 10.6 Å². The minimum atomic E-state index is -0.347. The summed E-state index contributed by atoms with van der Waals surface area (Å²) in [4.78, 5) is 25.7. The molecule has 1 fully saturated rings. The van der Waals surface area contributed by atoms with E-state index in [-0.39, 0.29) is 30.2 Å². The van der Waals surface area contributed by atoms with Crippen molar-refractivity contribution >= 4 is 40.6 Å². The molecule has 1 aromatic heterocycles. The average molecular weight is 361 g/mol. The maximum atomic E-state index is 12.4. The average Bonchev–Trinajstić information content (AvgIpc) is 2.83. The van der Waals surface area contributed by atoms with E-state index in [1.165, 1.54) is 11.3 Å². The van der Waals surface area contributed by atoms with Crippen molar-refractivity contribution in [1.29, 1.82) is 0 Å². The first-order valence-electron chi connectivity index (χ1n) is 7.89. The van der Waals surface area contributed by atoms with E-state index in [1.54, 1.807) is 6.92 Å². The fourth-order valence-electron chi connectivity index (χ4n) is 2.80. The number of thiophene rings is 1. The Kier molecular flexibility index (Phi) is 8.02. The largest absolute Gasteiger partial charge is 0.462 e.